The van der Waals surface area contributed by atoms with Crippen LogP contribution in [0.1, 0.15) is 12.0 Å². The molecule has 0 unspecified atom stereocenters. The largest absolute Gasteiger partial charge is 0.481 e. The Morgan fingerprint density at radius 1 is 1.14 bits per heavy atom. The number of carboxylic acids is 1. The highest BCUT2D eigenvalue weighted by molar-refractivity contribution is 5.70. The number of aliphatic carboxylic acids is 1. The van der Waals surface area contributed by atoms with Crippen molar-refractivity contribution in [3.8, 4) is 11.5 Å². The summed E-state index contributed by atoms with van der Waals surface area (Å²) < 4.78 is 5.83. The van der Waals surface area contributed by atoms with Crippen molar-refractivity contribution in [2.24, 2.45) is 5.92 Å². The van der Waals surface area contributed by atoms with Crippen LogP contribution in [-0.2, 0) is 11.3 Å². The van der Waals surface area contributed by atoms with Crippen LogP contribution in [0.5, 0.6) is 11.5 Å². The number of para-hydroxylation sites is 1. The third-order valence-corrected chi connectivity index (χ3v) is 3.91. The van der Waals surface area contributed by atoms with Crippen molar-refractivity contribution in [2.75, 3.05) is 13.1 Å². The number of benzene rings is 2. The second-order valence-corrected chi connectivity index (χ2v) is 5.62. The molecule has 0 aromatic heterocycles. The number of hydrogen-bond acceptors (Lipinski definition) is 3. The van der Waals surface area contributed by atoms with Gasteiger partial charge in [-0.1, -0.05) is 30.3 Å². The molecule has 0 bridgehead atoms. The standard InChI is InChI=1S/C18H19NO3/c20-18(21)15-9-10-19(13-15)12-14-5-4-8-17(11-14)22-16-6-2-1-3-7-16/h1-8,11,15H,9-10,12-13H2,(H,20,21)/t15-/m1/s1. The number of hydrogen-bond donors (Lipinski definition) is 1. The highest BCUT2D eigenvalue weighted by Gasteiger charge is 2.27. The summed E-state index contributed by atoms with van der Waals surface area (Å²) in [5, 5.41) is 9.06. The number of likely N-dealkylation sites (tertiary alicyclic amines) is 1. The first-order valence-corrected chi connectivity index (χ1v) is 7.48. The second-order valence-electron chi connectivity index (χ2n) is 5.62. The molecule has 1 N–H and O–H groups in total. The fourth-order valence-electron chi connectivity index (χ4n) is 2.77. The van der Waals surface area contributed by atoms with E-state index in [1.165, 1.54) is 0 Å². The fraction of sp³-hybridized carbons (Fsp3) is 0.278. The summed E-state index contributed by atoms with van der Waals surface area (Å²) in [4.78, 5) is 13.2. The maximum atomic E-state index is 11.0. The molecule has 0 amide bonds. The molecule has 3 rings (SSSR count). The van der Waals surface area contributed by atoms with Gasteiger partial charge in [-0.2, -0.15) is 0 Å². The fourth-order valence-corrected chi connectivity index (χ4v) is 2.77. The molecule has 1 aliphatic rings. The molecule has 0 radical (unpaired) electrons. The Morgan fingerprint density at radius 3 is 2.64 bits per heavy atom. The molecule has 1 atom stereocenters. The molecule has 1 fully saturated rings. The summed E-state index contributed by atoms with van der Waals surface area (Å²) in [6, 6.07) is 17.6. The van der Waals surface area contributed by atoms with Crippen LogP contribution in [0.4, 0.5) is 0 Å². The predicted molar refractivity (Wildman–Crippen MR) is 84.0 cm³/mol. The Kier molecular flexibility index (Phi) is 4.39. The lowest BCUT2D eigenvalue weighted by molar-refractivity contribution is -0.141. The van der Waals surface area contributed by atoms with Gasteiger partial charge in [-0.05, 0) is 42.8 Å². The van der Waals surface area contributed by atoms with Crippen molar-refractivity contribution in [2.45, 2.75) is 13.0 Å². The lowest BCUT2D eigenvalue weighted by atomic mass is 10.1. The van der Waals surface area contributed by atoms with E-state index in [1.807, 2.05) is 54.6 Å². The quantitative estimate of drug-likeness (QED) is 0.919. The van der Waals surface area contributed by atoms with Crippen LogP contribution in [0.25, 0.3) is 0 Å². The van der Waals surface area contributed by atoms with Crippen molar-refractivity contribution >= 4 is 5.97 Å². The maximum Gasteiger partial charge on any atom is 0.307 e. The van der Waals surface area contributed by atoms with E-state index < -0.39 is 5.97 Å². The van der Waals surface area contributed by atoms with Gasteiger partial charge in [0.05, 0.1) is 5.92 Å². The van der Waals surface area contributed by atoms with Crippen molar-refractivity contribution in [3.63, 3.8) is 0 Å². The average molecular weight is 297 g/mol. The Bertz CT molecular complexity index is 642. The minimum Gasteiger partial charge on any atom is -0.481 e. The molecular weight excluding hydrogens is 278 g/mol. The van der Waals surface area contributed by atoms with E-state index in [2.05, 4.69) is 4.90 Å². The molecule has 2 aromatic carbocycles. The number of rotatable bonds is 5. The van der Waals surface area contributed by atoms with Gasteiger partial charge in [0.2, 0.25) is 0 Å². The molecule has 1 heterocycles. The molecule has 4 heteroatoms. The van der Waals surface area contributed by atoms with Crippen LogP contribution in [-0.4, -0.2) is 29.1 Å². The molecule has 2 aromatic rings. The zero-order valence-electron chi connectivity index (χ0n) is 12.3. The first-order valence-electron chi connectivity index (χ1n) is 7.48. The summed E-state index contributed by atoms with van der Waals surface area (Å²) in [5.41, 5.74) is 1.14. The summed E-state index contributed by atoms with van der Waals surface area (Å²) in [6.07, 6.45) is 0.732. The Hall–Kier alpha value is -2.33. The third-order valence-electron chi connectivity index (χ3n) is 3.91. The van der Waals surface area contributed by atoms with Crippen LogP contribution in [0.2, 0.25) is 0 Å². The van der Waals surface area contributed by atoms with E-state index in [0.29, 0.717) is 6.54 Å². The molecule has 1 aliphatic heterocycles. The molecule has 0 aliphatic carbocycles. The van der Waals surface area contributed by atoms with Crippen molar-refractivity contribution in [1.29, 1.82) is 0 Å². The highest BCUT2D eigenvalue weighted by atomic mass is 16.5. The van der Waals surface area contributed by atoms with Crippen molar-refractivity contribution in [1.82, 2.24) is 4.90 Å². The van der Waals surface area contributed by atoms with E-state index in [0.717, 1.165) is 36.6 Å². The smallest absolute Gasteiger partial charge is 0.307 e. The van der Waals surface area contributed by atoms with Gasteiger partial charge in [0, 0.05) is 13.1 Å². The Labute approximate surface area is 130 Å². The number of nitrogens with zero attached hydrogens (tertiary/aromatic N) is 1. The number of carboxylic acid groups (broad SMARTS) is 1. The first kappa shape index (κ1) is 14.6. The van der Waals surface area contributed by atoms with Crippen LogP contribution in [0.3, 0.4) is 0 Å². The van der Waals surface area contributed by atoms with E-state index in [4.69, 9.17) is 9.84 Å². The molecule has 0 saturated carbocycles. The van der Waals surface area contributed by atoms with E-state index >= 15 is 0 Å². The molecule has 4 nitrogen and oxygen atoms in total. The zero-order chi connectivity index (χ0) is 15.4. The molecular formula is C18H19NO3. The minimum absolute atomic E-state index is 0.233. The van der Waals surface area contributed by atoms with E-state index in [-0.39, 0.29) is 5.92 Å². The normalized spacial score (nSPS) is 18.3. The lowest BCUT2D eigenvalue weighted by Crippen LogP contribution is -2.22. The number of carbonyl (C=O) groups is 1. The minimum atomic E-state index is -0.691. The molecule has 114 valence electrons. The third kappa shape index (κ3) is 3.65. The van der Waals surface area contributed by atoms with Gasteiger partial charge in [-0.3, -0.25) is 9.69 Å². The summed E-state index contributed by atoms with van der Waals surface area (Å²) in [7, 11) is 0. The Balaban J connectivity index is 1.63. The highest BCUT2D eigenvalue weighted by Crippen LogP contribution is 2.24. The molecule has 22 heavy (non-hydrogen) atoms. The van der Waals surface area contributed by atoms with E-state index in [1.54, 1.807) is 0 Å². The lowest BCUT2D eigenvalue weighted by Gasteiger charge is -2.16. The second kappa shape index (κ2) is 6.62. The van der Waals surface area contributed by atoms with Gasteiger partial charge in [0.25, 0.3) is 0 Å². The van der Waals surface area contributed by atoms with Crippen molar-refractivity contribution < 1.29 is 14.6 Å². The van der Waals surface area contributed by atoms with Gasteiger partial charge in [-0.15, -0.1) is 0 Å². The van der Waals surface area contributed by atoms with Gasteiger partial charge >= 0.3 is 5.97 Å². The van der Waals surface area contributed by atoms with Gasteiger partial charge in [0.15, 0.2) is 0 Å². The summed E-state index contributed by atoms with van der Waals surface area (Å²) in [6.45, 7) is 2.22. The Morgan fingerprint density at radius 2 is 1.91 bits per heavy atom. The van der Waals surface area contributed by atoms with Gasteiger partial charge < -0.3 is 9.84 Å². The molecule has 0 spiro atoms. The topological polar surface area (TPSA) is 49.8 Å². The van der Waals surface area contributed by atoms with Crippen LogP contribution >= 0.6 is 0 Å². The summed E-state index contributed by atoms with van der Waals surface area (Å²) >= 11 is 0. The average Bonchev–Trinajstić information content (AvgIpc) is 2.97. The predicted octanol–water partition coefficient (Wildman–Crippen LogP) is 3.39. The number of ether oxygens (including phenoxy) is 1. The zero-order valence-corrected chi connectivity index (χ0v) is 12.3. The van der Waals surface area contributed by atoms with Crippen LogP contribution < -0.4 is 4.74 Å². The van der Waals surface area contributed by atoms with Crippen molar-refractivity contribution in [3.05, 3.63) is 60.2 Å². The van der Waals surface area contributed by atoms with Crippen LogP contribution in [0, 0.1) is 5.92 Å². The van der Waals surface area contributed by atoms with Crippen LogP contribution in [0.15, 0.2) is 54.6 Å². The summed E-state index contributed by atoms with van der Waals surface area (Å²) in [5.74, 6) is 0.692. The molecule has 1 saturated heterocycles. The van der Waals surface area contributed by atoms with Gasteiger partial charge in [-0.25, -0.2) is 0 Å². The SMILES string of the molecule is O=C(O)[C@@H]1CCN(Cc2cccc(Oc3ccccc3)c2)C1. The monoisotopic (exact) mass is 297 g/mol. The first-order chi connectivity index (χ1) is 10.7. The van der Waals surface area contributed by atoms with E-state index in [9.17, 15) is 4.79 Å². The van der Waals surface area contributed by atoms with Gasteiger partial charge in [0.1, 0.15) is 11.5 Å². The maximum absolute atomic E-state index is 11.0.